The van der Waals surface area contributed by atoms with Gasteiger partial charge < -0.3 is 9.64 Å². The van der Waals surface area contributed by atoms with Crippen LogP contribution in [-0.4, -0.2) is 60.5 Å². The lowest BCUT2D eigenvalue weighted by Gasteiger charge is -2.35. The summed E-state index contributed by atoms with van der Waals surface area (Å²) in [5.74, 6) is -0.494. The Morgan fingerprint density at radius 1 is 1.24 bits per heavy atom. The Hall–Kier alpha value is -1.10. The van der Waals surface area contributed by atoms with Crippen LogP contribution in [0.15, 0.2) is 0 Å². The summed E-state index contributed by atoms with van der Waals surface area (Å²) in [4.78, 5) is 26.8. The predicted molar refractivity (Wildman–Crippen MR) is 64.5 cm³/mol. The van der Waals surface area contributed by atoms with E-state index in [0.29, 0.717) is 0 Å². The van der Waals surface area contributed by atoms with E-state index in [4.69, 9.17) is 4.74 Å². The number of hydrogen-bond donors (Lipinski definition) is 0. The molecule has 17 heavy (non-hydrogen) atoms. The van der Waals surface area contributed by atoms with E-state index in [1.807, 2.05) is 0 Å². The smallest absolute Gasteiger partial charge is 0.303 e. The SMILES string of the molecule is CCCN1CCN(C(=O)[C@@H](C)OC(C)=O)CC1. The second kappa shape index (κ2) is 6.59. The van der Waals surface area contributed by atoms with E-state index in [1.165, 1.54) is 6.92 Å². The molecular formula is C12H22N2O3. The summed E-state index contributed by atoms with van der Waals surface area (Å²) in [7, 11) is 0. The van der Waals surface area contributed by atoms with Crippen molar-refractivity contribution in [3.8, 4) is 0 Å². The van der Waals surface area contributed by atoms with E-state index in [-0.39, 0.29) is 5.91 Å². The third-order valence-electron chi connectivity index (χ3n) is 2.91. The normalized spacial score (nSPS) is 18.9. The number of nitrogens with zero attached hydrogens (tertiary/aromatic N) is 2. The Labute approximate surface area is 103 Å². The van der Waals surface area contributed by atoms with E-state index in [2.05, 4.69) is 11.8 Å². The number of hydrogen-bond acceptors (Lipinski definition) is 4. The van der Waals surface area contributed by atoms with E-state index in [0.717, 1.165) is 39.1 Å². The topological polar surface area (TPSA) is 49.9 Å². The maximum atomic E-state index is 11.9. The largest absolute Gasteiger partial charge is 0.453 e. The number of amides is 1. The number of ether oxygens (including phenoxy) is 1. The van der Waals surface area contributed by atoms with Gasteiger partial charge in [0.05, 0.1) is 0 Å². The van der Waals surface area contributed by atoms with Gasteiger partial charge in [-0.2, -0.15) is 0 Å². The molecular weight excluding hydrogens is 220 g/mol. The van der Waals surface area contributed by atoms with E-state index < -0.39 is 12.1 Å². The van der Waals surface area contributed by atoms with Gasteiger partial charge >= 0.3 is 5.97 Å². The highest BCUT2D eigenvalue weighted by Gasteiger charge is 2.25. The lowest BCUT2D eigenvalue weighted by Crippen LogP contribution is -2.51. The van der Waals surface area contributed by atoms with Gasteiger partial charge in [0, 0.05) is 33.1 Å². The van der Waals surface area contributed by atoms with Crippen LogP contribution in [0.3, 0.4) is 0 Å². The predicted octanol–water partition coefficient (Wildman–Crippen LogP) is 0.492. The number of piperazine rings is 1. The maximum Gasteiger partial charge on any atom is 0.303 e. The molecule has 1 fully saturated rings. The number of rotatable bonds is 4. The van der Waals surface area contributed by atoms with Crippen molar-refractivity contribution in [2.24, 2.45) is 0 Å². The molecule has 5 heteroatoms. The molecule has 5 nitrogen and oxygen atoms in total. The first-order valence-corrected chi connectivity index (χ1v) is 6.23. The van der Waals surface area contributed by atoms with Crippen molar-refractivity contribution in [1.82, 2.24) is 9.80 Å². The van der Waals surface area contributed by atoms with Crippen LogP contribution < -0.4 is 0 Å². The fourth-order valence-corrected chi connectivity index (χ4v) is 2.06. The molecule has 0 unspecified atom stereocenters. The molecule has 1 rings (SSSR count). The molecule has 0 spiro atoms. The molecule has 1 atom stereocenters. The molecule has 0 aromatic rings. The average molecular weight is 242 g/mol. The summed E-state index contributed by atoms with van der Waals surface area (Å²) >= 11 is 0. The summed E-state index contributed by atoms with van der Waals surface area (Å²) in [5, 5.41) is 0. The van der Waals surface area contributed by atoms with Crippen molar-refractivity contribution in [2.75, 3.05) is 32.7 Å². The van der Waals surface area contributed by atoms with Crippen LogP contribution in [0.25, 0.3) is 0 Å². The first-order valence-electron chi connectivity index (χ1n) is 6.23. The van der Waals surface area contributed by atoms with Gasteiger partial charge in [0.15, 0.2) is 6.10 Å². The van der Waals surface area contributed by atoms with Gasteiger partial charge in [-0.25, -0.2) is 0 Å². The molecule has 0 aromatic heterocycles. The van der Waals surface area contributed by atoms with Crippen LogP contribution in [0.2, 0.25) is 0 Å². The van der Waals surface area contributed by atoms with Crippen molar-refractivity contribution < 1.29 is 14.3 Å². The second-order valence-electron chi connectivity index (χ2n) is 4.42. The van der Waals surface area contributed by atoms with Gasteiger partial charge in [-0.1, -0.05) is 6.92 Å². The molecule has 0 saturated carbocycles. The molecule has 0 bridgehead atoms. The first-order chi connectivity index (χ1) is 8.04. The van der Waals surface area contributed by atoms with Crippen LogP contribution in [-0.2, 0) is 14.3 Å². The van der Waals surface area contributed by atoms with Crippen LogP contribution in [0, 0.1) is 0 Å². The quantitative estimate of drug-likeness (QED) is 0.673. The van der Waals surface area contributed by atoms with E-state index in [1.54, 1.807) is 11.8 Å². The minimum absolute atomic E-state index is 0.0867. The minimum atomic E-state index is -0.662. The molecule has 0 aromatic carbocycles. The molecule has 0 aliphatic carbocycles. The van der Waals surface area contributed by atoms with E-state index >= 15 is 0 Å². The molecule has 98 valence electrons. The molecule has 1 saturated heterocycles. The summed E-state index contributed by atoms with van der Waals surface area (Å²) in [5.41, 5.74) is 0. The second-order valence-corrected chi connectivity index (χ2v) is 4.42. The Bertz CT molecular complexity index is 273. The molecule has 0 radical (unpaired) electrons. The number of carbonyl (C=O) groups is 2. The molecule has 1 aliphatic heterocycles. The Balaban J connectivity index is 2.37. The highest BCUT2D eigenvalue weighted by Crippen LogP contribution is 2.06. The first kappa shape index (κ1) is 14.0. The van der Waals surface area contributed by atoms with Crippen molar-refractivity contribution in [3.05, 3.63) is 0 Å². The third-order valence-corrected chi connectivity index (χ3v) is 2.91. The van der Waals surface area contributed by atoms with Crippen LogP contribution >= 0.6 is 0 Å². The van der Waals surface area contributed by atoms with Gasteiger partial charge in [0.1, 0.15) is 0 Å². The van der Waals surface area contributed by atoms with Crippen molar-refractivity contribution in [3.63, 3.8) is 0 Å². The van der Waals surface area contributed by atoms with Gasteiger partial charge in [0.25, 0.3) is 5.91 Å². The number of esters is 1. The van der Waals surface area contributed by atoms with Gasteiger partial charge in [-0.05, 0) is 19.9 Å². The maximum absolute atomic E-state index is 11.9. The Morgan fingerprint density at radius 3 is 2.29 bits per heavy atom. The lowest BCUT2D eigenvalue weighted by molar-refractivity contribution is -0.158. The Kier molecular flexibility index (Phi) is 5.41. The monoisotopic (exact) mass is 242 g/mol. The fraction of sp³-hybridized carbons (Fsp3) is 0.833. The Morgan fingerprint density at radius 2 is 1.82 bits per heavy atom. The number of carbonyl (C=O) groups excluding carboxylic acids is 2. The van der Waals surface area contributed by atoms with Gasteiger partial charge in [0.2, 0.25) is 0 Å². The molecule has 1 heterocycles. The molecule has 1 aliphatic rings. The summed E-state index contributed by atoms with van der Waals surface area (Å²) < 4.78 is 4.90. The standard InChI is InChI=1S/C12H22N2O3/c1-4-5-13-6-8-14(9-7-13)12(16)10(2)17-11(3)15/h10H,4-9H2,1-3H3/t10-/m1/s1. The zero-order chi connectivity index (χ0) is 12.8. The van der Waals surface area contributed by atoms with Crippen LogP contribution in [0.5, 0.6) is 0 Å². The third kappa shape index (κ3) is 4.34. The van der Waals surface area contributed by atoms with Crippen molar-refractivity contribution in [1.29, 1.82) is 0 Å². The minimum Gasteiger partial charge on any atom is -0.453 e. The fourth-order valence-electron chi connectivity index (χ4n) is 2.06. The van der Waals surface area contributed by atoms with Crippen LogP contribution in [0.4, 0.5) is 0 Å². The lowest BCUT2D eigenvalue weighted by atomic mass is 10.2. The van der Waals surface area contributed by atoms with Crippen molar-refractivity contribution in [2.45, 2.75) is 33.3 Å². The zero-order valence-corrected chi connectivity index (χ0v) is 10.9. The van der Waals surface area contributed by atoms with Crippen molar-refractivity contribution >= 4 is 11.9 Å². The zero-order valence-electron chi connectivity index (χ0n) is 10.9. The highest BCUT2D eigenvalue weighted by atomic mass is 16.5. The van der Waals surface area contributed by atoms with Gasteiger partial charge in [-0.15, -0.1) is 0 Å². The molecule has 0 N–H and O–H groups in total. The van der Waals surface area contributed by atoms with E-state index in [9.17, 15) is 9.59 Å². The van der Waals surface area contributed by atoms with Crippen LogP contribution in [0.1, 0.15) is 27.2 Å². The summed E-state index contributed by atoms with van der Waals surface area (Å²) in [6.45, 7) is 9.46. The summed E-state index contributed by atoms with van der Waals surface area (Å²) in [6.07, 6.45) is 0.475. The highest BCUT2D eigenvalue weighted by molar-refractivity contribution is 5.83. The molecule has 1 amide bonds. The average Bonchev–Trinajstić information content (AvgIpc) is 2.28. The van der Waals surface area contributed by atoms with Gasteiger partial charge in [-0.3, -0.25) is 14.5 Å². The summed E-state index contributed by atoms with van der Waals surface area (Å²) in [6, 6.07) is 0.